The maximum atomic E-state index is 13.3. The van der Waals surface area contributed by atoms with E-state index in [0.717, 1.165) is 0 Å². The molecular weight excluding hydrogens is 456 g/mol. The normalized spacial score (nSPS) is 16.9. The van der Waals surface area contributed by atoms with Crippen molar-refractivity contribution in [1.29, 1.82) is 5.26 Å². The number of benzene rings is 3. The number of aliphatic hydroxyl groups is 1. The van der Waals surface area contributed by atoms with E-state index >= 15 is 0 Å². The van der Waals surface area contributed by atoms with Gasteiger partial charge in [-0.15, -0.1) is 0 Å². The molecule has 1 N–H and O–H groups in total. The van der Waals surface area contributed by atoms with E-state index < -0.39 is 17.7 Å². The van der Waals surface area contributed by atoms with Gasteiger partial charge in [0.2, 0.25) is 0 Å². The number of para-hydroxylation sites is 1. The molecule has 0 radical (unpaired) electrons. The maximum Gasteiger partial charge on any atom is 0.300 e. The molecule has 8 heteroatoms. The Morgan fingerprint density at radius 2 is 1.68 bits per heavy atom. The lowest BCUT2D eigenvalue weighted by atomic mass is 9.94. The molecule has 1 atom stereocenters. The number of carbonyl (C=O) groups excluding carboxylic acids is 2. The summed E-state index contributed by atoms with van der Waals surface area (Å²) >= 11 is 5.97. The van der Waals surface area contributed by atoms with Crippen molar-refractivity contribution in [3.63, 3.8) is 0 Å². The number of rotatable bonds is 5. The van der Waals surface area contributed by atoms with Crippen LogP contribution >= 0.6 is 11.6 Å². The molecule has 0 bridgehead atoms. The Bertz CT molecular complexity index is 1340. The fraction of sp³-hybridized carbons (Fsp3) is 0.115. The Labute approximate surface area is 201 Å². The standard InChI is InChI=1S/C26H19ClN2O5/c1-33-20-5-3-4-19(25(20)34-2)22-21(23(30)16-8-10-17(27)11-9-16)24(31)26(32)29(22)18-12-6-15(14-28)7-13-18/h3-13,22,30H,1-2H3/b23-21-. The third-order valence-corrected chi connectivity index (χ3v) is 5.82. The summed E-state index contributed by atoms with van der Waals surface area (Å²) in [5.74, 6) is -1.31. The zero-order chi connectivity index (χ0) is 24.4. The highest BCUT2D eigenvalue weighted by Gasteiger charge is 2.48. The van der Waals surface area contributed by atoms with Gasteiger partial charge >= 0.3 is 0 Å². The van der Waals surface area contributed by atoms with Crippen LogP contribution in [0.2, 0.25) is 5.02 Å². The van der Waals surface area contributed by atoms with Crippen LogP contribution in [0.25, 0.3) is 5.76 Å². The lowest BCUT2D eigenvalue weighted by Gasteiger charge is -2.27. The number of nitriles is 1. The lowest BCUT2D eigenvalue weighted by Crippen LogP contribution is -2.29. The van der Waals surface area contributed by atoms with Crippen molar-refractivity contribution in [3.8, 4) is 17.6 Å². The Morgan fingerprint density at radius 3 is 2.26 bits per heavy atom. The first-order valence-electron chi connectivity index (χ1n) is 10.2. The predicted molar refractivity (Wildman–Crippen MR) is 127 cm³/mol. The quantitative estimate of drug-likeness (QED) is 0.322. The number of hydrogen-bond acceptors (Lipinski definition) is 6. The van der Waals surface area contributed by atoms with Gasteiger partial charge in [0.25, 0.3) is 11.7 Å². The first-order chi connectivity index (χ1) is 16.4. The van der Waals surface area contributed by atoms with Crippen LogP contribution in [0.3, 0.4) is 0 Å². The summed E-state index contributed by atoms with van der Waals surface area (Å²) in [7, 11) is 2.93. The maximum absolute atomic E-state index is 13.3. The number of ketones is 1. The molecule has 4 rings (SSSR count). The molecule has 0 aromatic heterocycles. The van der Waals surface area contributed by atoms with E-state index in [-0.39, 0.29) is 11.3 Å². The molecule has 1 aliphatic heterocycles. The monoisotopic (exact) mass is 474 g/mol. The van der Waals surface area contributed by atoms with Gasteiger partial charge in [-0.1, -0.05) is 23.7 Å². The highest BCUT2D eigenvalue weighted by molar-refractivity contribution is 6.51. The van der Waals surface area contributed by atoms with Gasteiger partial charge in [0, 0.05) is 21.8 Å². The number of aliphatic hydroxyl groups excluding tert-OH is 1. The van der Waals surface area contributed by atoms with Gasteiger partial charge in [0.05, 0.1) is 37.5 Å². The number of Topliss-reactive ketones (excluding diaryl/α,β-unsaturated/α-hetero) is 1. The van der Waals surface area contributed by atoms with Crippen LogP contribution in [0.5, 0.6) is 11.5 Å². The molecule has 170 valence electrons. The first kappa shape index (κ1) is 22.9. The van der Waals surface area contributed by atoms with Crippen molar-refractivity contribution in [1.82, 2.24) is 0 Å². The molecular formula is C26H19ClN2O5. The van der Waals surface area contributed by atoms with Gasteiger partial charge in [0.15, 0.2) is 11.5 Å². The van der Waals surface area contributed by atoms with E-state index in [1.807, 2.05) is 6.07 Å². The van der Waals surface area contributed by atoms with Crippen molar-refractivity contribution in [2.75, 3.05) is 19.1 Å². The fourth-order valence-corrected chi connectivity index (χ4v) is 4.11. The van der Waals surface area contributed by atoms with Crippen molar-refractivity contribution >= 4 is 34.7 Å². The molecule has 1 fully saturated rings. The minimum atomic E-state index is -1.02. The zero-order valence-electron chi connectivity index (χ0n) is 18.3. The highest BCUT2D eigenvalue weighted by Crippen LogP contribution is 2.47. The van der Waals surface area contributed by atoms with Gasteiger partial charge < -0.3 is 14.6 Å². The third-order valence-electron chi connectivity index (χ3n) is 5.56. The topological polar surface area (TPSA) is 99.9 Å². The summed E-state index contributed by atoms with van der Waals surface area (Å²) in [6.45, 7) is 0. The smallest absolute Gasteiger partial charge is 0.300 e. The second-order valence-corrected chi connectivity index (χ2v) is 7.85. The molecule has 1 unspecified atom stereocenters. The summed E-state index contributed by atoms with van der Waals surface area (Å²) in [5.41, 5.74) is 1.45. The summed E-state index contributed by atoms with van der Waals surface area (Å²) in [6.07, 6.45) is 0. The summed E-state index contributed by atoms with van der Waals surface area (Å²) in [4.78, 5) is 27.8. The molecule has 1 heterocycles. The van der Waals surface area contributed by atoms with Gasteiger partial charge in [-0.05, 0) is 54.6 Å². The number of halogens is 1. The number of hydrogen-bond donors (Lipinski definition) is 1. The average Bonchev–Trinajstić information content (AvgIpc) is 3.13. The fourth-order valence-electron chi connectivity index (χ4n) is 3.98. The van der Waals surface area contributed by atoms with Crippen LogP contribution in [-0.4, -0.2) is 31.0 Å². The number of ether oxygens (including phenoxy) is 2. The Balaban J connectivity index is 2.00. The summed E-state index contributed by atoms with van der Waals surface area (Å²) in [5, 5.41) is 20.8. The second-order valence-electron chi connectivity index (χ2n) is 7.42. The molecule has 0 aliphatic carbocycles. The number of methoxy groups -OCH3 is 2. The largest absolute Gasteiger partial charge is 0.507 e. The van der Waals surface area contributed by atoms with Crippen LogP contribution in [0.15, 0.2) is 72.3 Å². The molecule has 1 amide bonds. The highest BCUT2D eigenvalue weighted by atomic mass is 35.5. The average molecular weight is 475 g/mol. The van der Waals surface area contributed by atoms with Gasteiger partial charge in [-0.2, -0.15) is 5.26 Å². The minimum Gasteiger partial charge on any atom is -0.507 e. The third kappa shape index (κ3) is 3.85. The molecule has 1 saturated heterocycles. The van der Waals surface area contributed by atoms with Crippen molar-refractivity contribution in [2.45, 2.75) is 6.04 Å². The van der Waals surface area contributed by atoms with E-state index in [2.05, 4.69) is 0 Å². The summed E-state index contributed by atoms with van der Waals surface area (Å²) in [6, 6.07) is 18.6. The van der Waals surface area contributed by atoms with Crippen LogP contribution in [0, 0.1) is 11.3 Å². The number of anilines is 1. The number of nitrogens with zero attached hydrogens (tertiary/aromatic N) is 2. The molecule has 3 aromatic carbocycles. The van der Waals surface area contributed by atoms with Gasteiger partial charge in [0.1, 0.15) is 5.76 Å². The lowest BCUT2D eigenvalue weighted by molar-refractivity contribution is -0.132. The van der Waals surface area contributed by atoms with Crippen molar-refractivity contribution < 1.29 is 24.2 Å². The molecule has 0 saturated carbocycles. The van der Waals surface area contributed by atoms with E-state index in [1.54, 1.807) is 66.7 Å². The Kier molecular flexibility index (Phi) is 6.26. The molecule has 7 nitrogen and oxygen atoms in total. The predicted octanol–water partition coefficient (Wildman–Crippen LogP) is 4.86. The number of carbonyl (C=O) groups is 2. The van der Waals surface area contributed by atoms with E-state index in [4.69, 9.17) is 26.3 Å². The van der Waals surface area contributed by atoms with Gasteiger partial charge in [-0.25, -0.2) is 0 Å². The Hall–Kier alpha value is -4.28. The van der Waals surface area contributed by atoms with Crippen molar-refractivity contribution in [3.05, 3.63) is 94.0 Å². The van der Waals surface area contributed by atoms with E-state index in [1.165, 1.54) is 19.1 Å². The number of amides is 1. The molecule has 3 aromatic rings. The van der Waals surface area contributed by atoms with Gasteiger partial charge in [-0.3, -0.25) is 14.5 Å². The first-order valence-corrected chi connectivity index (χ1v) is 10.6. The summed E-state index contributed by atoms with van der Waals surface area (Å²) < 4.78 is 11.0. The van der Waals surface area contributed by atoms with Crippen molar-refractivity contribution in [2.24, 2.45) is 0 Å². The molecule has 34 heavy (non-hydrogen) atoms. The SMILES string of the molecule is COc1cccc(C2/C(=C(/O)c3ccc(Cl)cc3)C(=O)C(=O)N2c2ccc(C#N)cc2)c1OC. The molecule has 0 spiro atoms. The van der Waals surface area contributed by atoms with Crippen LogP contribution in [-0.2, 0) is 9.59 Å². The molecule has 1 aliphatic rings. The Morgan fingerprint density at radius 1 is 1.00 bits per heavy atom. The second kappa shape index (κ2) is 9.30. The van der Waals surface area contributed by atoms with E-state index in [0.29, 0.717) is 38.9 Å². The minimum absolute atomic E-state index is 0.108. The van der Waals surface area contributed by atoms with E-state index in [9.17, 15) is 14.7 Å². The van der Waals surface area contributed by atoms with Crippen LogP contribution in [0.1, 0.15) is 22.7 Å². The van der Waals surface area contributed by atoms with Crippen LogP contribution in [0.4, 0.5) is 5.69 Å². The zero-order valence-corrected chi connectivity index (χ0v) is 19.0. The van der Waals surface area contributed by atoms with Crippen LogP contribution < -0.4 is 14.4 Å².